The fraction of sp³-hybridized carbons (Fsp3) is 0.0476. The molecule has 0 atom stereocenters. The van der Waals surface area contributed by atoms with Crippen molar-refractivity contribution in [1.82, 2.24) is 0 Å². The van der Waals surface area contributed by atoms with Gasteiger partial charge < -0.3 is 10.1 Å². The number of nitriles is 1. The Morgan fingerprint density at radius 1 is 1.00 bits per heavy atom. The number of anilines is 2. The van der Waals surface area contributed by atoms with Gasteiger partial charge in [-0.25, -0.2) is 8.42 Å². The molecule has 0 aromatic heterocycles. The summed E-state index contributed by atoms with van der Waals surface area (Å²) in [4.78, 5) is 12.4. The van der Waals surface area contributed by atoms with Gasteiger partial charge in [-0.05, 0) is 54.6 Å². The number of amides is 1. The zero-order valence-corrected chi connectivity index (χ0v) is 16.2. The van der Waals surface area contributed by atoms with Gasteiger partial charge in [0.05, 0.1) is 29.3 Å². The van der Waals surface area contributed by atoms with Crippen molar-refractivity contribution in [1.29, 1.82) is 5.26 Å². The van der Waals surface area contributed by atoms with Gasteiger partial charge in [-0.2, -0.15) is 5.26 Å². The maximum Gasteiger partial charge on any atom is 0.261 e. The number of methoxy groups -OCH3 is 1. The van der Waals surface area contributed by atoms with Crippen molar-refractivity contribution in [3.05, 3.63) is 83.9 Å². The van der Waals surface area contributed by atoms with Crippen LogP contribution < -0.4 is 14.8 Å². The highest BCUT2D eigenvalue weighted by atomic mass is 32.2. The van der Waals surface area contributed by atoms with Gasteiger partial charge in [0, 0.05) is 11.3 Å². The van der Waals surface area contributed by atoms with Gasteiger partial charge in [0.1, 0.15) is 5.75 Å². The molecular formula is C21H17N3O4S. The van der Waals surface area contributed by atoms with Gasteiger partial charge in [-0.3, -0.25) is 9.52 Å². The third-order valence-electron chi connectivity index (χ3n) is 4.03. The van der Waals surface area contributed by atoms with Crippen LogP contribution in [0, 0.1) is 11.3 Å². The Morgan fingerprint density at radius 2 is 1.72 bits per heavy atom. The van der Waals surface area contributed by atoms with Crippen molar-refractivity contribution >= 4 is 27.3 Å². The second-order valence-corrected chi connectivity index (χ2v) is 7.66. The van der Waals surface area contributed by atoms with Crippen LogP contribution in [0.15, 0.2) is 77.7 Å². The predicted molar refractivity (Wildman–Crippen MR) is 109 cm³/mol. The molecule has 0 spiro atoms. The van der Waals surface area contributed by atoms with Crippen LogP contribution in [0.2, 0.25) is 0 Å². The number of sulfonamides is 1. The fourth-order valence-electron chi connectivity index (χ4n) is 2.58. The van der Waals surface area contributed by atoms with E-state index in [0.29, 0.717) is 22.7 Å². The number of nitrogens with zero attached hydrogens (tertiary/aromatic N) is 1. The van der Waals surface area contributed by atoms with Crippen LogP contribution in [0.4, 0.5) is 11.4 Å². The monoisotopic (exact) mass is 407 g/mol. The molecule has 0 aliphatic rings. The lowest BCUT2D eigenvalue weighted by Crippen LogP contribution is -2.14. The van der Waals surface area contributed by atoms with E-state index < -0.39 is 10.0 Å². The lowest BCUT2D eigenvalue weighted by Gasteiger charge is -2.11. The minimum atomic E-state index is -3.85. The van der Waals surface area contributed by atoms with E-state index in [9.17, 15) is 13.2 Å². The van der Waals surface area contributed by atoms with E-state index in [0.717, 1.165) is 0 Å². The van der Waals surface area contributed by atoms with Gasteiger partial charge in [0.2, 0.25) is 0 Å². The van der Waals surface area contributed by atoms with Crippen LogP contribution in [-0.4, -0.2) is 21.4 Å². The molecule has 7 nitrogen and oxygen atoms in total. The molecule has 3 rings (SSSR count). The lowest BCUT2D eigenvalue weighted by molar-refractivity contribution is 0.102. The van der Waals surface area contributed by atoms with Crippen LogP contribution in [0.1, 0.15) is 15.9 Å². The SMILES string of the molecule is COc1ccccc1NC(=O)c1ccc(NS(=O)(=O)c2cccc(C#N)c2)cc1. The normalized spacial score (nSPS) is 10.6. The van der Waals surface area contributed by atoms with Gasteiger partial charge in [0.25, 0.3) is 15.9 Å². The van der Waals surface area contributed by atoms with E-state index in [4.69, 9.17) is 10.00 Å². The molecule has 8 heteroatoms. The Balaban J connectivity index is 1.74. The van der Waals surface area contributed by atoms with Crippen molar-refractivity contribution in [3.63, 3.8) is 0 Å². The number of rotatable bonds is 6. The maximum absolute atomic E-state index is 12.5. The molecule has 3 aromatic rings. The second-order valence-electron chi connectivity index (χ2n) is 5.98. The highest BCUT2D eigenvalue weighted by Gasteiger charge is 2.15. The molecule has 1 amide bonds. The van der Waals surface area contributed by atoms with Crippen LogP contribution in [0.5, 0.6) is 5.75 Å². The Bertz CT molecular complexity index is 1180. The summed E-state index contributed by atoms with van der Waals surface area (Å²) in [5, 5.41) is 11.7. The molecule has 0 saturated carbocycles. The molecule has 0 saturated heterocycles. The zero-order valence-electron chi connectivity index (χ0n) is 15.4. The third kappa shape index (κ3) is 4.72. The Kier molecular flexibility index (Phi) is 5.81. The number of carbonyl (C=O) groups excluding carboxylic acids is 1. The van der Waals surface area contributed by atoms with Crippen LogP contribution >= 0.6 is 0 Å². The largest absolute Gasteiger partial charge is 0.495 e. The first kappa shape index (κ1) is 19.9. The van der Waals surface area contributed by atoms with Crippen LogP contribution in [0.25, 0.3) is 0 Å². The van der Waals surface area contributed by atoms with Gasteiger partial charge in [-0.1, -0.05) is 18.2 Å². The van der Waals surface area contributed by atoms with E-state index >= 15 is 0 Å². The summed E-state index contributed by atoms with van der Waals surface area (Å²) in [6.07, 6.45) is 0. The third-order valence-corrected chi connectivity index (χ3v) is 5.41. The minimum absolute atomic E-state index is 0.0189. The molecule has 0 fully saturated rings. The quantitative estimate of drug-likeness (QED) is 0.649. The summed E-state index contributed by atoms with van der Waals surface area (Å²) >= 11 is 0. The van der Waals surface area contributed by atoms with Crippen molar-refractivity contribution in [2.45, 2.75) is 4.90 Å². The molecule has 146 valence electrons. The van der Waals surface area contributed by atoms with E-state index in [2.05, 4.69) is 10.0 Å². The smallest absolute Gasteiger partial charge is 0.261 e. The van der Waals surface area contributed by atoms with E-state index in [1.54, 1.807) is 24.3 Å². The molecular weight excluding hydrogens is 390 g/mol. The molecule has 0 unspecified atom stereocenters. The first-order valence-corrected chi connectivity index (χ1v) is 9.98. The fourth-order valence-corrected chi connectivity index (χ4v) is 3.68. The summed E-state index contributed by atoms with van der Waals surface area (Å²) in [6.45, 7) is 0. The molecule has 3 aromatic carbocycles. The number of hydrogen-bond acceptors (Lipinski definition) is 5. The van der Waals surface area contributed by atoms with E-state index in [1.807, 2.05) is 6.07 Å². The Morgan fingerprint density at radius 3 is 2.41 bits per heavy atom. The molecule has 0 bridgehead atoms. The number of nitrogens with one attached hydrogen (secondary N) is 2. The number of hydrogen-bond donors (Lipinski definition) is 2. The number of para-hydroxylation sites is 2. The summed E-state index contributed by atoms with van der Waals surface area (Å²) in [5.74, 6) is 0.176. The minimum Gasteiger partial charge on any atom is -0.495 e. The second kappa shape index (κ2) is 8.46. The Hall–Kier alpha value is -3.83. The van der Waals surface area contributed by atoms with Crippen LogP contribution in [0.3, 0.4) is 0 Å². The average Bonchev–Trinajstić information content (AvgIpc) is 2.74. The van der Waals surface area contributed by atoms with E-state index in [1.165, 1.54) is 55.6 Å². The average molecular weight is 407 g/mol. The summed E-state index contributed by atoms with van der Waals surface area (Å²) in [7, 11) is -2.34. The summed E-state index contributed by atoms with van der Waals surface area (Å²) in [5.41, 5.74) is 1.42. The lowest BCUT2D eigenvalue weighted by atomic mass is 10.2. The van der Waals surface area contributed by atoms with Crippen molar-refractivity contribution < 1.29 is 17.9 Å². The molecule has 0 heterocycles. The molecule has 0 aliphatic carbocycles. The Labute approximate surface area is 168 Å². The first-order valence-electron chi connectivity index (χ1n) is 8.50. The topological polar surface area (TPSA) is 108 Å². The van der Waals surface area contributed by atoms with Gasteiger partial charge in [-0.15, -0.1) is 0 Å². The molecule has 0 aliphatic heterocycles. The highest BCUT2D eigenvalue weighted by Crippen LogP contribution is 2.24. The standard InChI is InChI=1S/C21H17N3O4S/c1-28-20-8-3-2-7-19(20)23-21(25)16-9-11-17(12-10-16)24-29(26,27)18-6-4-5-15(13-18)14-22/h2-13,24H,1H3,(H,23,25). The van der Waals surface area contributed by atoms with Crippen molar-refractivity contribution in [3.8, 4) is 11.8 Å². The number of benzene rings is 3. The van der Waals surface area contributed by atoms with Crippen molar-refractivity contribution in [2.75, 3.05) is 17.1 Å². The molecule has 0 radical (unpaired) electrons. The van der Waals surface area contributed by atoms with Crippen molar-refractivity contribution in [2.24, 2.45) is 0 Å². The van der Waals surface area contributed by atoms with Gasteiger partial charge in [0.15, 0.2) is 0 Å². The maximum atomic E-state index is 12.5. The van der Waals surface area contributed by atoms with Crippen LogP contribution in [-0.2, 0) is 10.0 Å². The number of carbonyl (C=O) groups is 1. The summed E-state index contributed by atoms with van der Waals surface area (Å²) in [6, 6.07) is 20.6. The molecule has 29 heavy (non-hydrogen) atoms. The van der Waals surface area contributed by atoms with E-state index in [-0.39, 0.29) is 16.4 Å². The van der Waals surface area contributed by atoms with Gasteiger partial charge >= 0.3 is 0 Å². The number of ether oxygens (including phenoxy) is 1. The highest BCUT2D eigenvalue weighted by molar-refractivity contribution is 7.92. The zero-order chi connectivity index (χ0) is 20.9. The first-order chi connectivity index (χ1) is 13.9. The molecule has 2 N–H and O–H groups in total. The summed E-state index contributed by atoms with van der Waals surface area (Å²) < 4.78 is 32.6. The predicted octanol–water partition coefficient (Wildman–Crippen LogP) is 3.62.